The number of anilines is 1. The van der Waals surface area contributed by atoms with Gasteiger partial charge in [0, 0.05) is 23.1 Å². The maximum atomic E-state index is 12.6. The number of methoxy groups -OCH3 is 1. The zero-order valence-electron chi connectivity index (χ0n) is 13.9. The van der Waals surface area contributed by atoms with E-state index in [9.17, 15) is 4.79 Å². The van der Waals surface area contributed by atoms with E-state index in [0.29, 0.717) is 17.1 Å². The number of amides is 1. The molecule has 3 rings (SSSR count). The topological polar surface area (TPSA) is 56.1 Å². The summed E-state index contributed by atoms with van der Waals surface area (Å²) >= 11 is 0. The molecule has 0 bridgehead atoms. The summed E-state index contributed by atoms with van der Waals surface area (Å²) in [4.78, 5) is 16.7. The van der Waals surface area contributed by atoms with Gasteiger partial charge in [-0.05, 0) is 38.1 Å². The molecule has 3 aromatic rings. The summed E-state index contributed by atoms with van der Waals surface area (Å²) in [6.07, 6.45) is 1.58. The molecule has 2 aromatic heterocycles. The molecule has 0 aliphatic carbocycles. The van der Waals surface area contributed by atoms with Crippen LogP contribution in [0.3, 0.4) is 0 Å². The highest BCUT2D eigenvalue weighted by Crippen LogP contribution is 2.22. The van der Waals surface area contributed by atoms with Crippen LogP contribution in [-0.4, -0.2) is 22.6 Å². The smallest absolute Gasteiger partial charge is 0.257 e. The Morgan fingerprint density at radius 2 is 1.88 bits per heavy atom. The van der Waals surface area contributed by atoms with E-state index < -0.39 is 0 Å². The molecule has 24 heavy (non-hydrogen) atoms. The van der Waals surface area contributed by atoms with Gasteiger partial charge in [0.05, 0.1) is 24.6 Å². The zero-order chi connectivity index (χ0) is 17.1. The van der Waals surface area contributed by atoms with Crippen molar-refractivity contribution in [3.05, 3.63) is 71.7 Å². The molecule has 1 aromatic carbocycles. The molecule has 0 radical (unpaired) electrons. The van der Waals surface area contributed by atoms with Crippen molar-refractivity contribution in [1.82, 2.24) is 9.55 Å². The molecular weight excluding hydrogens is 302 g/mol. The van der Waals surface area contributed by atoms with Crippen LogP contribution in [0.5, 0.6) is 5.88 Å². The lowest BCUT2D eigenvalue weighted by Gasteiger charge is -2.10. The van der Waals surface area contributed by atoms with Gasteiger partial charge in [-0.15, -0.1) is 0 Å². The summed E-state index contributed by atoms with van der Waals surface area (Å²) in [5.74, 6) is 0.354. The van der Waals surface area contributed by atoms with Crippen LogP contribution in [0.1, 0.15) is 21.7 Å². The van der Waals surface area contributed by atoms with Crippen molar-refractivity contribution in [3.8, 4) is 11.6 Å². The summed E-state index contributed by atoms with van der Waals surface area (Å²) in [6, 6.07) is 15.4. The number of nitrogens with one attached hydrogen (secondary N) is 1. The molecule has 0 aliphatic heterocycles. The maximum Gasteiger partial charge on any atom is 0.257 e. The lowest BCUT2D eigenvalue weighted by Crippen LogP contribution is -2.13. The summed E-state index contributed by atoms with van der Waals surface area (Å²) in [5.41, 5.74) is 4.23. The van der Waals surface area contributed by atoms with Crippen LogP contribution in [0.25, 0.3) is 5.69 Å². The molecule has 1 N–H and O–H groups in total. The Balaban J connectivity index is 1.88. The highest BCUT2D eigenvalue weighted by atomic mass is 16.5. The Morgan fingerprint density at radius 3 is 2.50 bits per heavy atom. The first-order chi connectivity index (χ1) is 11.6. The molecule has 0 fully saturated rings. The number of pyridine rings is 1. The van der Waals surface area contributed by atoms with Crippen molar-refractivity contribution in [2.24, 2.45) is 0 Å². The molecule has 1 amide bonds. The van der Waals surface area contributed by atoms with Crippen molar-refractivity contribution in [1.29, 1.82) is 0 Å². The molecule has 5 heteroatoms. The van der Waals surface area contributed by atoms with Crippen LogP contribution in [0.4, 0.5) is 5.69 Å². The molecule has 0 aliphatic rings. The van der Waals surface area contributed by atoms with E-state index in [-0.39, 0.29) is 5.91 Å². The first-order valence-corrected chi connectivity index (χ1v) is 7.66. The van der Waals surface area contributed by atoms with Crippen molar-refractivity contribution in [3.63, 3.8) is 0 Å². The highest BCUT2D eigenvalue weighted by Gasteiger charge is 2.16. The summed E-state index contributed by atoms with van der Waals surface area (Å²) in [7, 11) is 1.55. The number of aryl methyl sites for hydroxylation is 1. The maximum absolute atomic E-state index is 12.6. The number of aromatic nitrogens is 2. The van der Waals surface area contributed by atoms with Crippen LogP contribution in [-0.2, 0) is 0 Å². The number of carbonyl (C=O) groups excluding carboxylic acids is 1. The van der Waals surface area contributed by atoms with E-state index in [2.05, 4.69) is 14.9 Å². The van der Waals surface area contributed by atoms with E-state index in [1.54, 1.807) is 25.4 Å². The first kappa shape index (κ1) is 15.8. The van der Waals surface area contributed by atoms with Gasteiger partial charge in [0.25, 0.3) is 5.91 Å². The SMILES string of the molecule is COc1ccc(NC(=O)c2cc(C)n(-c3ccccc3)c2C)cn1. The Kier molecular flexibility index (Phi) is 4.33. The van der Waals surface area contributed by atoms with Crippen LogP contribution in [0, 0.1) is 13.8 Å². The largest absolute Gasteiger partial charge is 0.481 e. The van der Waals surface area contributed by atoms with Gasteiger partial charge < -0.3 is 14.6 Å². The van der Waals surface area contributed by atoms with Gasteiger partial charge in [-0.25, -0.2) is 4.98 Å². The number of carbonyl (C=O) groups is 1. The average molecular weight is 321 g/mol. The van der Waals surface area contributed by atoms with E-state index in [1.807, 2.05) is 50.2 Å². The van der Waals surface area contributed by atoms with Crippen LogP contribution in [0.15, 0.2) is 54.7 Å². The van der Waals surface area contributed by atoms with Crippen molar-refractivity contribution in [2.45, 2.75) is 13.8 Å². The first-order valence-electron chi connectivity index (χ1n) is 7.66. The molecular formula is C19H19N3O2. The normalized spacial score (nSPS) is 10.5. The minimum atomic E-state index is -0.155. The average Bonchev–Trinajstić information content (AvgIpc) is 2.91. The van der Waals surface area contributed by atoms with Crippen LogP contribution >= 0.6 is 0 Å². The van der Waals surface area contributed by atoms with Gasteiger partial charge in [0.1, 0.15) is 0 Å². The molecule has 0 spiro atoms. The van der Waals surface area contributed by atoms with E-state index in [4.69, 9.17) is 4.74 Å². The lowest BCUT2D eigenvalue weighted by atomic mass is 10.2. The predicted octanol–water partition coefficient (Wildman–Crippen LogP) is 3.75. The van der Waals surface area contributed by atoms with Gasteiger partial charge in [0.15, 0.2) is 0 Å². The predicted molar refractivity (Wildman–Crippen MR) is 94.0 cm³/mol. The van der Waals surface area contributed by atoms with Gasteiger partial charge in [0.2, 0.25) is 5.88 Å². The standard InChI is InChI=1S/C19H19N3O2/c1-13-11-17(14(2)22(13)16-7-5-4-6-8-16)19(23)21-15-9-10-18(24-3)20-12-15/h4-12H,1-3H3,(H,21,23). The number of hydrogen-bond donors (Lipinski definition) is 1. The number of benzene rings is 1. The molecule has 0 unspecified atom stereocenters. The molecule has 5 nitrogen and oxygen atoms in total. The fraction of sp³-hybridized carbons (Fsp3) is 0.158. The Morgan fingerprint density at radius 1 is 1.12 bits per heavy atom. The van der Waals surface area contributed by atoms with Gasteiger partial charge in [-0.3, -0.25) is 4.79 Å². The molecule has 0 atom stereocenters. The molecule has 0 saturated carbocycles. The third-order valence-corrected chi connectivity index (χ3v) is 3.89. The fourth-order valence-corrected chi connectivity index (χ4v) is 2.74. The number of para-hydroxylation sites is 1. The van der Waals surface area contributed by atoms with Crippen molar-refractivity contribution in [2.75, 3.05) is 12.4 Å². The van der Waals surface area contributed by atoms with E-state index in [0.717, 1.165) is 17.1 Å². The lowest BCUT2D eigenvalue weighted by molar-refractivity contribution is 0.102. The van der Waals surface area contributed by atoms with Crippen LogP contribution < -0.4 is 10.1 Å². The molecule has 0 saturated heterocycles. The minimum Gasteiger partial charge on any atom is -0.481 e. The number of nitrogens with zero attached hydrogens (tertiary/aromatic N) is 2. The number of hydrogen-bond acceptors (Lipinski definition) is 3. The van der Waals surface area contributed by atoms with Crippen molar-refractivity contribution >= 4 is 11.6 Å². The Labute approximate surface area is 140 Å². The van der Waals surface area contributed by atoms with E-state index in [1.165, 1.54) is 0 Å². The Bertz CT molecular complexity index is 852. The van der Waals surface area contributed by atoms with Gasteiger partial charge >= 0.3 is 0 Å². The van der Waals surface area contributed by atoms with Crippen molar-refractivity contribution < 1.29 is 9.53 Å². The minimum absolute atomic E-state index is 0.155. The number of rotatable bonds is 4. The fourth-order valence-electron chi connectivity index (χ4n) is 2.74. The van der Waals surface area contributed by atoms with Gasteiger partial charge in [-0.2, -0.15) is 0 Å². The second kappa shape index (κ2) is 6.58. The second-order valence-corrected chi connectivity index (χ2v) is 5.50. The third kappa shape index (κ3) is 3.01. The van der Waals surface area contributed by atoms with E-state index >= 15 is 0 Å². The number of ether oxygens (including phenoxy) is 1. The summed E-state index contributed by atoms with van der Waals surface area (Å²) < 4.78 is 7.09. The molecule has 122 valence electrons. The monoisotopic (exact) mass is 321 g/mol. The second-order valence-electron chi connectivity index (χ2n) is 5.50. The summed E-state index contributed by atoms with van der Waals surface area (Å²) in [5, 5.41) is 2.87. The van der Waals surface area contributed by atoms with Crippen LogP contribution in [0.2, 0.25) is 0 Å². The Hall–Kier alpha value is -3.08. The quantitative estimate of drug-likeness (QED) is 0.796. The highest BCUT2D eigenvalue weighted by molar-refractivity contribution is 6.05. The zero-order valence-corrected chi connectivity index (χ0v) is 13.9. The summed E-state index contributed by atoms with van der Waals surface area (Å²) in [6.45, 7) is 3.94. The third-order valence-electron chi connectivity index (χ3n) is 3.89. The van der Waals surface area contributed by atoms with Gasteiger partial charge in [-0.1, -0.05) is 18.2 Å². The molecule has 2 heterocycles.